The summed E-state index contributed by atoms with van der Waals surface area (Å²) in [4.78, 5) is 4.06. The second-order valence-corrected chi connectivity index (χ2v) is 5.19. The lowest BCUT2D eigenvalue weighted by atomic mass is 10.1. The van der Waals surface area contributed by atoms with Gasteiger partial charge in [0, 0.05) is 6.04 Å². The number of anilines is 1. The largest absolute Gasteiger partial charge is 0.393 e. The van der Waals surface area contributed by atoms with Gasteiger partial charge < -0.3 is 10.4 Å². The van der Waals surface area contributed by atoms with E-state index in [0.29, 0.717) is 15.9 Å². The zero-order valence-electron chi connectivity index (χ0n) is 9.20. The number of rotatable bonds is 5. The maximum atomic E-state index is 9.30. The molecule has 16 heavy (non-hydrogen) atoms. The molecular weight excluding hydrogens is 246 g/mol. The van der Waals surface area contributed by atoms with E-state index >= 15 is 0 Å². The minimum Gasteiger partial charge on any atom is -0.393 e. The van der Waals surface area contributed by atoms with Crippen LogP contribution in [0.25, 0.3) is 0 Å². The summed E-state index contributed by atoms with van der Waals surface area (Å²) in [7, 11) is 0. The molecule has 88 valence electrons. The standard InChI is InChI=1S/C10H14ClN3OS/c1-3-7(4-6(2)15)13-10-14-8(5-12)9(11)16-10/h6-7,15H,3-4H2,1-2H3,(H,13,14). The number of hydrogen-bond donors (Lipinski definition) is 2. The van der Waals surface area contributed by atoms with Gasteiger partial charge in [-0.25, -0.2) is 4.98 Å². The first-order chi connectivity index (χ1) is 7.56. The van der Waals surface area contributed by atoms with E-state index in [4.69, 9.17) is 16.9 Å². The molecule has 4 nitrogen and oxygen atoms in total. The Labute approximate surface area is 104 Å². The van der Waals surface area contributed by atoms with Crippen LogP contribution < -0.4 is 5.32 Å². The van der Waals surface area contributed by atoms with E-state index < -0.39 is 0 Å². The van der Waals surface area contributed by atoms with Crippen LogP contribution in [0.1, 0.15) is 32.4 Å². The summed E-state index contributed by atoms with van der Waals surface area (Å²) in [5.74, 6) is 0. The number of halogens is 1. The average Bonchev–Trinajstić information content (AvgIpc) is 2.57. The summed E-state index contributed by atoms with van der Waals surface area (Å²) in [5.41, 5.74) is 0.251. The van der Waals surface area contributed by atoms with Gasteiger partial charge in [-0.3, -0.25) is 0 Å². The Hall–Kier alpha value is -0.830. The second-order valence-electron chi connectivity index (χ2n) is 3.59. The molecule has 0 aliphatic rings. The van der Waals surface area contributed by atoms with E-state index in [1.807, 2.05) is 13.0 Å². The number of nitriles is 1. The van der Waals surface area contributed by atoms with Crippen molar-refractivity contribution in [2.45, 2.75) is 38.8 Å². The van der Waals surface area contributed by atoms with Crippen molar-refractivity contribution in [2.75, 3.05) is 5.32 Å². The summed E-state index contributed by atoms with van der Waals surface area (Å²) in [6, 6.07) is 2.07. The molecule has 0 amide bonds. The Bertz CT molecular complexity index is 386. The zero-order chi connectivity index (χ0) is 12.1. The van der Waals surface area contributed by atoms with E-state index in [1.54, 1.807) is 6.92 Å². The molecule has 1 aromatic heterocycles. The molecule has 0 saturated heterocycles. The van der Waals surface area contributed by atoms with Gasteiger partial charge in [-0.15, -0.1) is 0 Å². The van der Waals surface area contributed by atoms with Crippen molar-refractivity contribution in [1.82, 2.24) is 4.98 Å². The number of aliphatic hydroxyl groups is 1. The molecule has 0 saturated carbocycles. The third-order valence-corrected chi connectivity index (χ3v) is 3.32. The van der Waals surface area contributed by atoms with Gasteiger partial charge in [0.2, 0.25) is 0 Å². The molecule has 0 aliphatic carbocycles. The Morgan fingerprint density at radius 1 is 1.69 bits per heavy atom. The van der Waals surface area contributed by atoms with Crippen LogP contribution in [0.4, 0.5) is 5.13 Å². The molecule has 0 spiro atoms. The van der Waals surface area contributed by atoms with Gasteiger partial charge in [-0.1, -0.05) is 29.9 Å². The highest BCUT2D eigenvalue weighted by Crippen LogP contribution is 2.28. The first kappa shape index (κ1) is 13.2. The smallest absolute Gasteiger partial charge is 0.185 e. The van der Waals surface area contributed by atoms with Crippen LogP contribution in [0.5, 0.6) is 0 Å². The Morgan fingerprint density at radius 3 is 2.81 bits per heavy atom. The Kier molecular flexibility index (Phi) is 5.00. The predicted molar refractivity (Wildman–Crippen MR) is 65.8 cm³/mol. The monoisotopic (exact) mass is 259 g/mol. The molecule has 0 bridgehead atoms. The van der Waals surface area contributed by atoms with Crippen molar-refractivity contribution in [3.8, 4) is 6.07 Å². The van der Waals surface area contributed by atoms with Gasteiger partial charge in [0.05, 0.1) is 6.10 Å². The fourth-order valence-electron chi connectivity index (χ4n) is 1.35. The van der Waals surface area contributed by atoms with Crippen LogP contribution in [0.3, 0.4) is 0 Å². The molecule has 0 aliphatic heterocycles. The minimum absolute atomic E-state index is 0.147. The third-order valence-electron chi connectivity index (χ3n) is 2.14. The summed E-state index contributed by atoms with van der Waals surface area (Å²) < 4.78 is 0.400. The van der Waals surface area contributed by atoms with E-state index in [9.17, 15) is 5.11 Å². The number of nitrogens with zero attached hydrogens (tertiary/aromatic N) is 2. The highest BCUT2D eigenvalue weighted by atomic mass is 35.5. The normalized spacial score (nSPS) is 14.2. The first-order valence-electron chi connectivity index (χ1n) is 5.07. The van der Waals surface area contributed by atoms with Crippen LogP contribution in [0.2, 0.25) is 4.34 Å². The molecule has 0 radical (unpaired) electrons. The number of aromatic nitrogens is 1. The third kappa shape index (κ3) is 3.63. The first-order valence-corrected chi connectivity index (χ1v) is 6.27. The van der Waals surface area contributed by atoms with Crippen molar-refractivity contribution in [3.05, 3.63) is 10.0 Å². The van der Waals surface area contributed by atoms with Gasteiger partial charge in [0.25, 0.3) is 0 Å². The Balaban J connectivity index is 2.67. The van der Waals surface area contributed by atoms with Crippen molar-refractivity contribution in [3.63, 3.8) is 0 Å². The number of aliphatic hydroxyl groups excluding tert-OH is 1. The summed E-state index contributed by atoms with van der Waals surface area (Å²) >= 11 is 7.07. The van der Waals surface area contributed by atoms with Crippen molar-refractivity contribution < 1.29 is 5.11 Å². The molecule has 2 unspecified atom stereocenters. The van der Waals surface area contributed by atoms with Gasteiger partial charge in [0.15, 0.2) is 10.8 Å². The molecule has 0 aromatic carbocycles. The van der Waals surface area contributed by atoms with Crippen molar-refractivity contribution >= 4 is 28.1 Å². The van der Waals surface area contributed by atoms with Gasteiger partial charge in [-0.2, -0.15) is 5.26 Å². The van der Waals surface area contributed by atoms with Crippen LogP contribution in [-0.2, 0) is 0 Å². The lowest BCUT2D eigenvalue weighted by Gasteiger charge is -2.17. The quantitative estimate of drug-likeness (QED) is 0.853. The molecule has 1 rings (SSSR count). The van der Waals surface area contributed by atoms with E-state index in [0.717, 1.165) is 6.42 Å². The van der Waals surface area contributed by atoms with Crippen LogP contribution >= 0.6 is 22.9 Å². The fraction of sp³-hybridized carbons (Fsp3) is 0.600. The number of hydrogen-bond acceptors (Lipinski definition) is 5. The SMILES string of the molecule is CCC(CC(C)O)Nc1nc(C#N)c(Cl)s1. The highest BCUT2D eigenvalue weighted by molar-refractivity contribution is 7.19. The Morgan fingerprint density at radius 2 is 2.38 bits per heavy atom. The summed E-state index contributed by atoms with van der Waals surface area (Å²) in [6.45, 7) is 3.78. The van der Waals surface area contributed by atoms with Gasteiger partial charge in [0.1, 0.15) is 10.4 Å². The van der Waals surface area contributed by atoms with Crippen molar-refractivity contribution in [2.24, 2.45) is 0 Å². The van der Waals surface area contributed by atoms with Gasteiger partial charge >= 0.3 is 0 Å². The average molecular weight is 260 g/mol. The van der Waals surface area contributed by atoms with E-state index in [2.05, 4.69) is 10.3 Å². The van der Waals surface area contributed by atoms with Gasteiger partial charge in [-0.05, 0) is 19.8 Å². The van der Waals surface area contributed by atoms with Crippen LogP contribution in [-0.4, -0.2) is 22.2 Å². The summed E-state index contributed by atoms with van der Waals surface area (Å²) in [6.07, 6.45) is 1.17. The fourth-order valence-corrected chi connectivity index (χ4v) is 2.37. The predicted octanol–water partition coefficient (Wildman–Crippen LogP) is 2.63. The van der Waals surface area contributed by atoms with E-state index in [-0.39, 0.29) is 17.8 Å². The molecule has 6 heteroatoms. The summed E-state index contributed by atoms with van der Waals surface area (Å²) in [5, 5.41) is 21.8. The molecule has 1 heterocycles. The molecule has 2 N–H and O–H groups in total. The number of thiazole rings is 1. The molecule has 1 aromatic rings. The van der Waals surface area contributed by atoms with Crippen molar-refractivity contribution in [1.29, 1.82) is 5.26 Å². The van der Waals surface area contributed by atoms with Crippen LogP contribution in [0.15, 0.2) is 0 Å². The second kappa shape index (κ2) is 6.04. The maximum absolute atomic E-state index is 9.30. The minimum atomic E-state index is -0.358. The lowest BCUT2D eigenvalue weighted by Crippen LogP contribution is -2.23. The topological polar surface area (TPSA) is 68.9 Å². The molecule has 0 fully saturated rings. The maximum Gasteiger partial charge on any atom is 0.185 e. The van der Waals surface area contributed by atoms with E-state index in [1.165, 1.54) is 11.3 Å². The number of nitrogens with one attached hydrogen (secondary N) is 1. The highest BCUT2D eigenvalue weighted by Gasteiger charge is 2.14. The molecule has 2 atom stereocenters. The zero-order valence-corrected chi connectivity index (χ0v) is 10.8. The van der Waals surface area contributed by atoms with Crippen LogP contribution in [0, 0.1) is 11.3 Å². The molecular formula is C10H14ClN3OS. The lowest BCUT2D eigenvalue weighted by molar-refractivity contribution is 0.177.